The van der Waals surface area contributed by atoms with Gasteiger partial charge < -0.3 is 14.8 Å². The number of hydrogen-bond acceptors (Lipinski definition) is 4. The van der Waals surface area contributed by atoms with Crippen molar-refractivity contribution in [3.05, 3.63) is 29.8 Å². The highest BCUT2D eigenvalue weighted by Crippen LogP contribution is 2.17. The minimum Gasteiger partial charge on any atom is -0.489 e. The van der Waals surface area contributed by atoms with Gasteiger partial charge in [-0.1, -0.05) is 12.1 Å². The summed E-state index contributed by atoms with van der Waals surface area (Å²) in [6, 6.07) is 9.35. The molecular formula is C13H16N2O2. The number of nitriles is 1. The third-order valence-corrected chi connectivity index (χ3v) is 2.66. The lowest BCUT2D eigenvalue weighted by Crippen LogP contribution is -2.45. The maximum absolute atomic E-state index is 8.92. The summed E-state index contributed by atoms with van der Waals surface area (Å²) in [4.78, 5) is 0. The van der Waals surface area contributed by atoms with Gasteiger partial charge in [-0.25, -0.2) is 0 Å². The molecule has 4 nitrogen and oxygen atoms in total. The number of nitrogens with one attached hydrogen (secondary N) is 1. The van der Waals surface area contributed by atoms with E-state index in [-0.39, 0.29) is 12.2 Å². The van der Waals surface area contributed by atoms with E-state index in [1.807, 2.05) is 19.1 Å². The summed E-state index contributed by atoms with van der Waals surface area (Å²) in [5.41, 5.74) is 0.560. The first-order valence-corrected chi connectivity index (χ1v) is 5.77. The van der Waals surface area contributed by atoms with Crippen molar-refractivity contribution >= 4 is 0 Å². The Morgan fingerprint density at radius 3 is 3.06 bits per heavy atom. The second kappa shape index (κ2) is 5.67. The van der Waals surface area contributed by atoms with Gasteiger partial charge >= 0.3 is 0 Å². The highest BCUT2D eigenvalue weighted by atomic mass is 16.5. The Hall–Kier alpha value is -1.57. The number of morpholine rings is 1. The van der Waals surface area contributed by atoms with E-state index in [4.69, 9.17) is 14.7 Å². The van der Waals surface area contributed by atoms with Crippen LogP contribution < -0.4 is 10.1 Å². The van der Waals surface area contributed by atoms with Gasteiger partial charge in [0.1, 0.15) is 24.5 Å². The zero-order valence-electron chi connectivity index (χ0n) is 9.85. The number of ether oxygens (including phenoxy) is 2. The quantitative estimate of drug-likeness (QED) is 0.853. The van der Waals surface area contributed by atoms with E-state index < -0.39 is 0 Å². The van der Waals surface area contributed by atoms with E-state index in [9.17, 15) is 0 Å². The molecule has 1 heterocycles. The Morgan fingerprint density at radius 1 is 1.47 bits per heavy atom. The molecule has 0 spiro atoms. The van der Waals surface area contributed by atoms with Crippen molar-refractivity contribution in [3.8, 4) is 11.8 Å². The summed E-state index contributed by atoms with van der Waals surface area (Å²) in [5, 5.41) is 12.2. The first-order chi connectivity index (χ1) is 8.29. The van der Waals surface area contributed by atoms with Crippen LogP contribution in [-0.4, -0.2) is 31.9 Å². The molecule has 2 atom stereocenters. The maximum atomic E-state index is 8.92. The van der Waals surface area contributed by atoms with Crippen LogP contribution in [0.3, 0.4) is 0 Å². The van der Waals surface area contributed by atoms with Crippen LogP contribution in [-0.2, 0) is 4.74 Å². The smallest absolute Gasteiger partial charge is 0.137 e. The van der Waals surface area contributed by atoms with Crippen molar-refractivity contribution in [2.75, 3.05) is 19.7 Å². The normalized spacial score (nSPS) is 24.0. The lowest BCUT2D eigenvalue weighted by molar-refractivity contribution is -0.0470. The van der Waals surface area contributed by atoms with Gasteiger partial charge in [-0.05, 0) is 19.1 Å². The molecule has 90 valence electrons. The molecule has 1 fully saturated rings. The molecule has 0 amide bonds. The molecule has 2 unspecified atom stereocenters. The predicted octanol–water partition coefficient (Wildman–Crippen LogP) is 1.31. The molecule has 1 aromatic carbocycles. The van der Waals surface area contributed by atoms with E-state index in [2.05, 4.69) is 11.4 Å². The lowest BCUT2D eigenvalue weighted by Gasteiger charge is -2.28. The predicted molar refractivity (Wildman–Crippen MR) is 63.9 cm³/mol. The summed E-state index contributed by atoms with van der Waals surface area (Å²) < 4.78 is 11.3. The molecule has 2 rings (SSSR count). The summed E-state index contributed by atoms with van der Waals surface area (Å²) in [6.45, 7) is 4.17. The van der Waals surface area contributed by atoms with Gasteiger partial charge in [0.05, 0.1) is 11.7 Å². The molecule has 1 aliphatic rings. The summed E-state index contributed by atoms with van der Waals surface area (Å²) in [6.07, 6.45) is 0.258. The molecule has 0 radical (unpaired) electrons. The average Bonchev–Trinajstić information content (AvgIpc) is 2.37. The average molecular weight is 232 g/mol. The van der Waals surface area contributed by atoms with E-state index in [1.165, 1.54) is 0 Å². The van der Waals surface area contributed by atoms with Crippen molar-refractivity contribution in [2.24, 2.45) is 0 Å². The minimum atomic E-state index is 0.0468. The molecule has 1 aromatic rings. The fraction of sp³-hybridized carbons (Fsp3) is 0.462. The summed E-state index contributed by atoms with van der Waals surface area (Å²) in [7, 11) is 0. The zero-order chi connectivity index (χ0) is 12.1. The van der Waals surface area contributed by atoms with Gasteiger partial charge in [-0.2, -0.15) is 5.26 Å². The largest absolute Gasteiger partial charge is 0.489 e. The van der Waals surface area contributed by atoms with Crippen molar-refractivity contribution in [2.45, 2.75) is 19.1 Å². The third kappa shape index (κ3) is 3.19. The number of nitrogens with zero attached hydrogens (tertiary/aromatic N) is 1. The molecular weight excluding hydrogens is 216 g/mol. The van der Waals surface area contributed by atoms with Crippen molar-refractivity contribution < 1.29 is 9.47 Å². The lowest BCUT2D eigenvalue weighted by atomic mass is 10.2. The van der Waals surface area contributed by atoms with Gasteiger partial charge in [0, 0.05) is 13.1 Å². The molecule has 0 bridgehead atoms. The Kier molecular flexibility index (Phi) is 3.97. The fourth-order valence-electron chi connectivity index (χ4n) is 1.84. The Bertz CT molecular complexity index is 414. The number of para-hydroxylation sites is 1. The SMILES string of the molecule is CC1CNCC(COc2ccccc2C#N)O1. The van der Waals surface area contributed by atoms with Crippen LogP contribution in [0.4, 0.5) is 0 Å². The monoisotopic (exact) mass is 232 g/mol. The van der Waals surface area contributed by atoms with E-state index in [0.717, 1.165) is 13.1 Å². The van der Waals surface area contributed by atoms with Gasteiger partial charge in [0.25, 0.3) is 0 Å². The van der Waals surface area contributed by atoms with Crippen molar-refractivity contribution in [1.82, 2.24) is 5.32 Å². The Morgan fingerprint density at radius 2 is 2.29 bits per heavy atom. The fourth-order valence-corrected chi connectivity index (χ4v) is 1.84. The first kappa shape index (κ1) is 11.9. The molecule has 0 aliphatic carbocycles. The van der Waals surface area contributed by atoms with Crippen molar-refractivity contribution in [1.29, 1.82) is 5.26 Å². The third-order valence-electron chi connectivity index (χ3n) is 2.66. The number of benzene rings is 1. The standard InChI is InChI=1S/C13H16N2O2/c1-10-7-15-8-12(17-10)9-16-13-5-3-2-4-11(13)6-14/h2-5,10,12,15H,7-9H2,1H3. The minimum absolute atomic E-state index is 0.0468. The van der Waals surface area contributed by atoms with Crippen LogP contribution in [0.15, 0.2) is 24.3 Å². The zero-order valence-corrected chi connectivity index (χ0v) is 9.85. The van der Waals surface area contributed by atoms with Crippen LogP contribution in [0.25, 0.3) is 0 Å². The van der Waals surface area contributed by atoms with Crippen LogP contribution in [0.2, 0.25) is 0 Å². The van der Waals surface area contributed by atoms with Crippen LogP contribution in [0.5, 0.6) is 5.75 Å². The van der Waals surface area contributed by atoms with Gasteiger partial charge in [0.15, 0.2) is 0 Å². The van der Waals surface area contributed by atoms with E-state index >= 15 is 0 Å². The molecule has 1 aliphatic heterocycles. The van der Waals surface area contributed by atoms with Crippen LogP contribution in [0.1, 0.15) is 12.5 Å². The summed E-state index contributed by atoms with van der Waals surface area (Å²) in [5.74, 6) is 0.622. The second-order valence-corrected chi connectivity index (χ2v) is 4.15. The van der Waals surface area contributed by atoms with Crippen LogP contribution in [0, 0.1) is 11.3 Å². The molecule has 0 saturated carbocycles. The Balaban J connectivity index is 1.91. The van der Waals surface area contributed by atoms with Crippen molar-refractivity contribution in [3.63, 3.8) is 0 Å². The Labute approximate surface area is 101 Å². The number of hydrogen-bond donors (Lipinski definition) is 1. The van der Waals surface area contributed by atoms with Crippen LogP contribution >= 0.6 is 0 Å². The van der Waals surface area contributed by atoms with Gasteiger partial charge in [-0.3, -0.25) is 0 Å². The van der Waals surface area contributed by atoms with E-state index in [0.29, 0.717) is 17.9 Å². The van der Waals surface area contributed by atoms with Gasteiger partial charge in [0.2, 0.25) is 0 Å². The molecule has 1 saturated heterocycles. The van der Waals surface area contributed by atoms with E-state index in [1.54, 1.807) is 12.1 Å². The molecule has 0 aromatic heterocycles. The second-order valence-electron chi connectivity index (χ2n) is 4.15. The maximum Gasteiger partial charge on any atom is 0.137 e. The highest BCUT2D eigenvalue weighted by molar-refractivity contribution is 5.42. The molecule has 1 N–H and O–H groups in total. The highest BCUT2D eigenvalue weighted by Gasteiger charge is 2.19. The topological polar surface area (TPSA) is 54.3 Å². The molecule has 17 heavy (non-hydrogen) atoms. The van der Waals surface area contributed by atoms with Gasteiger partial charge in [-0.15, -0.1) is 0 Å². The first-order valence-electron chi connectivity index (χ1n) is 5.77. The molecule has 4 heteroatoms. The summed E-state index contributed by atoms with van der Waals surface area (Å²) >= 11 is 0. The number of rotatable bonds is 3.